The number of fused-ring (bicyclic) bond motifs is 1. The summed E-state index contributed by atoms with van der Waals surface area (Å²) in [6.45, 7) is 0.627. The average molecular weight is 337 g/mol. The maximum atomic E-state index is 12.9. The van der Waals surface area contributed by atoms with Crippen LogP contribution in [0.15, 0.2) is 48.7 Å². The van der Waals surface area contributed by atoms with Crippen molar-refractivity contribution in [3.8, 4) is 0 Å². The topological polar surface area (TPSA) is 93.6 Å². The molecule has 0 saturated carbocycles. The van der Waals surface area contributed by atoms with Gasteiger partial charge < -0.3 is 4.90 Å². The normalized spacial score (nSPS) is 17.1. The molecular formula is C17H15N5O3. The van der Waals surface area contributed by atoms with Gasteiger partial charge in [0, 0.05) is 30.4 Å². The van der Waals surface area contributed by atoms with Gasteiger partial charge in [0.1, 0.15) is 0 Å². The van der Waals surface area contributed by atoms with E-state index in [2.05, 4.69) is 10.2 Å². The number of nitro groups is 1. The molecule has 1 amide bonds. The van der Waals surface area contributed by atoms with Crippen molar-refractivity contribution in [2.24, 2.45) is 0 Å². The highest BCUT2D eigenvalue weighted by Gasteiger charge is 2.33. The van der Waals surface area contributed by atoms with Crippen molar-refractivity contribution in [1.29, 1.82) is 0 Å². The number of nitro benzene ring substituents is 1. The molecule has 1 aromatic carbocycles. The van der Waals surface area contributed by atoms with E-state index in [0.29, 0.717) is 12.1 Å². The number of hydrogen-bond acceptors (Lipinski definition) is 5. The fraction of sp³-hybridized carbons (Fsp3) is 0.235. The van der Waals surface area contributed by atoms with Crippen molar-refractivity contribution >= 4 is 17.2 Å². The molecule has 1 unspecified atom stereocenters. The molecule has 8 heteroatoms. The minimum atomic E-state index is -0.477. The van der Waals surface area contributed by atoms with Gasteiger partial charge in [0.05, 0.1) is 11.0 Å². The minimum Gasteiger partial charge on any atom is -0.328 e. The highest BCUT2D eigenvalue weighted by atomic mass is 16.6. The summed E-state index contributed by atoms with van der Waals surface area (Å²) in [6, 6.07) is 11.2. The number of rotatable bonds is 3. The van der Waals surface area contributed by atoms with Crippen LogP contribution in [0.4, 0.5) is 5.69 Å². The first-order chi connectivity index (χ1) is 12.1. The number of nitrogens with zero attached hydrogens (tertiary/aromatic N) is 5. The molecule has 25 heavy (non-hydrogen) atoms. The Bertz CT molecular complexity index is 950. The van der Waals surface area contributed by atoms with Gasteiger partial charge in [-0.2, -0.15) is 0 Å². The van der Waals surface area contributed by atoms with Crippen LogP contribution in [0.1, 0.15) is 35.1 Å². The Morgan fingerprint density at radius 2 is 1.96 bits per heavy atom. The number of likely N-dealkylation sites (tertiary alicyclic amines) is 1. The molecule has 1 aliphatic heterocycles. The van der Waals surface area contributed by atoms with E-state index in [1.807, 2.05) is 28.8 Å². The zero-order valence-electron chi connectivity index (χ0n) is 13.3. The van der Waals surface area contributed by atoms with Crippen LogP contribution in [0, 0.1) is 10.1 Å². The van der Waals surface area contributed by atoms with Crippen molar-refractivity contribution in [3.05, 3.63) is 70.2 Å². The third-order valence-corrected chi connectivity index (χ3v) is 4.48. The summed E-state index contributed by atoms with van der Waals surface area (Å²) in [7, 11) is 0. The summed E-state index contributed by atoms with van der Waals surface area (Å²) in [5.74, 6) is 0.591. The molecular weight excluding hydrogens is 322 g/mol. The highest BCUT2D eigenvalue weighted by molar-refractivity contribution is 5.94. The summed E-state index contributed by atoms with van der Waals surface area (Å²) in [4.78, 5) is 24.9. The Labute approximate surface area is 142 Å². The third kappa shape index (κ3) is 2.61. The number of hydrogen-bond donors (Lipinski definition) is 0. The van der Waals surface area contributed by atoms with E-state index in [0.717, 1.165) is 24.3 Å². The van der Waals surface area contributed by atoms with Crippen molar-refractivity contribution < 1.29 is 9.72 Å². The molecule has 1 aliphatic rings. The second-order valence-electron chi connectivity index (χ2n) is 5.95. The first kappa shape index (κ1) is 15.3. The van der Waals surface area contributed by atoms with Crippen LogP contribution in [0.25, 0.3) is 5.65 Å². The van der Waals surface area contributed by atoms with E-state index in [9.17, 15) is 14.9 Å². The van der Waals surface area contributed by atoms with E-state index >= 15 is 0 Å². The van der Waals surface area contributed by atoms with E-state index < -0.39 is 4.92 Å². The molecule has 1 saturated heterocycles. The second-order valence-corrected chi connectivity index (χ2v) is 5.95. The van der Waals surface area contributed by atoms with Crippen LogP contribution < -0.4 is 0 Å². The van der Waals surface area contributed by atoms with Crippen LogP contribution in [-0.4, -0.2) is 36.9 Å². The molecule has 0 radical (unpaired) electrons. The van der Waals surface area contributed by atoms with Crippen molar-refractivity contribution in [1.82, 2.24) is 19.5 Å². The van der Waals surface area contributed by atoms with E-state index in [-0.39, 0.29) is 17.6 Å². The minimum absolute atomic E-state index is 0.0297. The lowest BCUT2D eigenvalue weighted by atomic mass is 10.1. The maximum Gasteiger partial charge on any atom is 0.269 e. The zero-order chi connectivity index (χ0) is 17.4. The Hall–Kier alpha value is -3.29. The molecule has 0 bridgehead atoms. The molecule has 1 fully saturated rings. The molecule has 126 valence electrons. The van der Waals surface area contributed by atoms with E-state index in [1.54, 1.807) is 4.90 Å². The fourth-order valence-electron chi connectivity index (χ4n) is 3.26. The number of benzene rings is 1. The van der Waals surface area contributed by atoms with Crippen LogP contribution in [-0.2, 0) is 0 Å². The van der Waals surface area contributed by atoms with Gasteiger partial charge in [0.15, 0.2) is 11.5 Å². The van der Waals surface area contributed by atoms with E-state index in [4.69, 9.17) is 0 Å². The first-order valence-corrected chi connectivity index (χ1v) is 8.00. The lowest BCUT2D eigenvalue weighted by Gasteiger charge is -2.23. The van der Waals surface area contributed by atoms with E-state index in [1.165, 1.54) is 24.3 Å². The molecule has 8 nitrogen and oxygen atoms in total. The number of carbonyl (C=O) groups is 1. The standard InChI is InChI=1S/C17H15N5O3/c23-17(12-6-8-13(9-7-12)22(24)25)20-11-3-4-14(20)16-19-18-15-5-1-2-10-21(15)16/h1-2,5-10,14H,3-4,11H2. The first-order valence-electron chi connectivity index (χ1n) is 8.00. The highest BCUT2D eigenvalue weighted by Crippen LogP contribution is 2.32. The van der Waals surface area contributed by atoms with Gasteiger partial charge in [-0.3, -0.25) is 19.3 Å². The van der Waals surface area contributed by atoms with Gasteiger partial charge in [-0.05, 0) is 37.1 Å². The Morgan fingerprint density at radius 1 is 1.16 bits per heavy atom. The molecule has 3 aromatic rings. The van der Waals surface area contributed by atoms with Gasteiger partial charge in [-0.25, -0.2) is 0 Å². The Morgan fingerprint density at radius 3 is 2.72 bits per heavy atom. The van der Waals surface area contributed by atoms with Crippen molar-refractivity contribution in [2.45, 2.75) is 18.9 Å². The largest absolute Gasteiger partial charge is 0.328 e. The van der Waals surface area contributed by atoms with Crippen LogP contribution in [0.5, 0.6) is 0 Å². The molecule has 3 heterocycles. The number of aromatic nitrogens is 3. The van der Waals surface area contributed by atoms with Gasteiger partial charge in [-0.15, -0.1) is 10.2 Å². The van der Waals surface area contributed by atoms with Crippen LogP contribution in [0.2, 0.25) is 0 Å². The molecule has 0 spiro atoms. The molecule has 0 N–H and O–H groups in total. The SMILES string of the molecule is O=C(c1ccc([N+](=O)[O-])cc1)N1CCCC1c1nnc2ccccn12. The molecule has 1 atom stereocenters. The molecule has 0 aliphatic carbocycles. The fourth-order valence-corrected chi connectivity index (χ4v) is 3.26. The predicted octanol–water partition coefficient (Wildman–Crippen LogP) is 2.61. The summed E-state index contributed by atoms with van der Waals surface area (Å²) in [5.41, 5.74) is 1.15. The quantitative estimate of drug-likeness (QED) is 0.541. The maximum absolute atomic E-state index is 12.9. The molecule has 2 aromatic heterocycles. The number of amides is 1. The van der Waals surface area contributed by atoms with Crippen molar-refractivity contribution in [2.75, 3.05) is 6.54 Å². The van der Waals surface area contributed by atoms with Gasteiger partial charge in [0.2, 0.25) is 0 Å². The summed E-state index contributed by atoms with van der Waals surface area (Å²) in [6.07, 6.45) is 3.58. The summed E-state index contributed by atoms with van der Waals surface area (Å²) < 4.78 is 1.89. The Kier molecular flexibility index (Phi) is 3.64. The summed E-state index contributed by atoms with van der Waals surface area (Å²) in [5, 5.41) is 19.2. The zero-order valence-corrected chi connectivity index (χ0v) is 13.3. The van der Waals surface area contributed by atoms with Crippen molar-refractivity contribution in [3.63, 3.8) is 0 Å². The van der Waals surface area contributed by atoms with Gasteiger partial charge >= 0.3 is 0 Å². The smallest absolute Gasteiger partial charge is 0.269 e. The predicted molar refractivity (Wildman–Crippen MR) is 89.1 cm³/mol. The van der Waals surface area contributed by atoms with Crippen LogP contribution in [0.3, 0.4) is 0 Å². The Balaban J connectivity index is 1.65. The lowest BCUT2D eigenvalue weighted by Crippen LogP contribution is -2.31. The average Bonchev–Trinajstić information content (AvgIpc) is 3.27. The summed E-state index contributed by atoms with van der Waals surface area (Å²) >= 11 is 0. The van der Waals surface area contributed by atoms with Gasteiger partial charge in [-0.1, -0.05) is 6.07 Å². The number of non-ortho nitro benzene ring substituents is 1. The number of carbonyl (C=O) groups excluding carboxylic acids is 1. The lowest BCUT2D eigenvalue weighted by molar-refractivity contribution is -0.384. The number of pyridine rings is 1. The molecule has 4 rings (SSSR count). The second kappa shape index (κ2) is 5.97. The van der Waals surface area contributed by atoms with Gasteiger partial charge in [0.25, 0.3) is 11.6 Å². The third-order valence-electron chi connectivity index (χ3n) is 4.48. The van der Waals surface area contributed by atoms with Crippen LogP contribution >= 0.6 is 0 Å². The monoisotopic (exact) mass is 337 g/mol.